The molecule has 4 aromatic rings. The van der Waals surface area contributed by atoms with E-state index >= 15 is 0 Å². The number of methoxy groups -OCH3 is 1. The molecular weight excluding hydrogens is 562 g/mol. The van der Waals surface area contributed by atoms with Crippen LogP contribution in [-0.2, 0) is 10.0 Å². The molecule has 0 unspecified atom stereocenters. The van der Waals surface area contributed by atoms with Crippen LogP contribution in [0.15, 0.2) is 72.9 Å². The third kappa shape index (κ3) is 5.35. The number of benzene rings is 2. The van der Waals surface area contributed by atoms with Gasteiger partial charge in [0.2, 0.25) is 10.0 Å². The highest BCUT2D eigenvalue weighted by atomic mass is 32.2. The number of aromatic nitrogens is 2. The Morgan fingerprint density at radius 2 is 1.83 bits per heavy atom. The fraction of sp³-hybridized carbons (Fsp3) is 0.207. The molecule has 0 aliphatic carbocycles. The van der Waals surface area contributed by atoms with Crippen molar-refractivity contribution in [2.75, 3.05) is 23.0 Å². The Kier molecular flexibility index (Phi) is 7.45. The zero-order valence-corrected chi connectivity index (χ0v) is 24.5. The smallest absolute Gasteiger partial charge is 0.337 e. The highest BCUT2D eigenvalue weighted by Gasteiger charge is 2.42. The minimum atomic E-state index is -3.59. The number of hydrogen-bond donors (Lipinski definition) is 3. The lowest BCUT2D eigenvalue weighted by Gasteiger charge is -2.29. The standard InChI is InChI=1S/C29H29N5O5S2/c1-17-15-21(18(2)33(17)24-11-6-5-9-20(24)28(35)36)27-26(22-10-7-8-14-30-22)31-29(40)34(27)19-12-13-25(39-3)23(16-19)32-41(4,37)38/h5-16,26-27,32H,1-4H3,(H,31,40)(H,35,36)/t26-,27-/m0/s1. The second-order valence-electron chi connectivity index (χ2n) is 9.74. The van der Waals surface area contributed by atoms with Crippen molar-refractivity contribution in [3.8, 4) is 11.4 Å². The van der Waals surface area contributed by atoms with E-state index in [4.69, 9.17) is 17.0 Å². The summed E-state index contributed by atoms with van der Waals surface area (Å²) >= 11 is 5.85. The predicted octanol–water partition coefficient (Wildman–Crippen LogP) is 4.74. The van der Waals surface area contributed by atoms with Gasteiger partial charge in [0.1, 0.15) is 5.75 Å². The van der Waals surface area contributed by atoms with E-state index < -0.39 is 22.0 Å². The third-order valence-corrected chi connectivity index (χ3v) is 7.92. The number of para-hydroxylation sites is 1. The van der Waals surface area contributed by atoms with Gasteiger partial charge in [0.15, 0.2) is 5.11 Å². The van der Waals surface area contributed by atoms with E-state index in [0.29, 0.717) is 22.2 Å². The lowest BCUT2D eigenvalue weighted by molar-refractivity contribution is 0.0697. The average molecular weight is 592 g/mol. The van der Waals surface area contributed by atoms with E-state index in [1.54, 1.807) is 36.5 Å². The molecule has 1 aliphatic heterocycles. The summed E-state index contributed by atoms with van der Waals surface area (Å²) < 4.78 is 34.1. The van der Waals surface area contributed by atoms with Crippen LogP contribution in [0, 0.1) is 13.8 Å². The van der Waals surface area contributed by atoms with Crippen molar-refractivity contribution >= 4 is 44.7 Å². The summed E-state index contributed by atoms with van der Waals surface area (Å²) in [5, 5.41) is 13.7. The Morgan fingerprint density at radius 1 is 1.10 bits per heavy atom. The van der Waals surface area contributed by atoms with Crippen LogP contribution < -0.4 is 19.7 Å². The molecule has 1 aliphatic rings. The molecule has 12 heteroatoms. The van der Waals surface area contributed by atoms with Gasteiger partial charge in [-0.25, -0.2) is 13.2 Å². The summed E-state index contributed by atoms with van der Waals surface area (Å²) in [5.41, 5.74) is 5.00. The number of rotatable bonds is 8. The zero-order chi connectivity index (χ0) is 29.5. The predicted molar refractivity (Wildman–Crippen MR) is 162 cm³/mol. The first kappa shape index (κ1) is 28.1. The van der Waals surface area contributed by atoms with Gasteiger partial charge in [-0.1, -0.05) is 18.2 Å². The molecule has 2 aromatic carbocycles. The molecule has 5 rings (SSSR count). The van der Waals surface area contributed by atoms with Gasteiger partial charge in [-0.2, -0.15) is 0 Å². The molecule has 2 aromatic heterocycles. The van der Waals surface area contributed by atoms with Gasteiger partial charge in [-0.05, 0) is 80.2 Å². The van der Waals surface area contributed by atoms with Crippen molar-refractivity contribution in [3.05, 3.63) is 101 Å². The molecule has 3 N–H and O–H groups in total. The number of nitrogens with zero attached hydrogens (tertiary/aromatic N) is 3. The SMILES string of the molecule is COc1ccc(N2C(=S)N[C@@H](c3ccccn3)[C@@H]2c2cc(C)n(-c3ccccc3C(=O)O)c2C)cc1NS(C)(=O)=O. The van der Waals surface area contributed by atoms with E-state index in [1.807, 2.05) is 59.7 Å². The lowest BCUT2D eigenvalue weighted by Crippen LogP contribution is -2.29. The van der Waals surface area contributed by atoms with Crippen LogP contribution in [-0.4, -0.2) is 47.5 Å². The molecule has 0 bridgehead atoms. The monoisotopic (exact) mass is 591 g/mol. The van der Waals surface area contributed by atoms with Gasteiger partial charge in [0.25, 0.3) is 0 Å². The third-order valence-electron chi connectivity index (χ3n) is 7.02. The maximum Gasteiger partial charge on any atom is 0.337 e. The van der Waals surface area contributed by atoms with E-state index in [0.717, 1.165) is 28.9 Å². The van der Waals surface area contributed by atoms with Crippen LogP contribution in [0.5, 0.6) is 5.75 Å². The van der Waals surface area contributed by atoms with E-state index in [-0.39, 0.29) is 17.3 Å². The number of carboxylic acid groups (broad SMARTS) is 1. The van der Waals surface area contributed by atoms with Crippen LogP contribution >= 0.6 is 12.2 Å². The minimum absolute atomic E-state index is 0.186. The topological polar surface area (TPSA) is 126 Å². The number of hydrogen-bond acceptors (Lipinski definition) is 6. The van der Waals surface area contributed by atoms with E-state index in [2.05, 4.69) is 15.0 Å². The molecule has 2 atom stereocenters. The van der Waals surface area contributed by atoms with Crippen molar-refractivity contribution in [1.29, 1.82) is 0 Å². The van der Waals surface area contributed by atoms with E-state index in [1.165, 1.54) is 7.11 Å². The highest BCUT2D eigenvalue weighted by Crippen LogP contribution is 2.45. The highest BCUT2D eigenvalue weighted by molar-refractivity contribution is 7.92. The van der Waals surface area contributed by atoms with Gasteiger partial charge >= 0.3 is 5.97 Å². The molecule has 212 valence electrons. The first-order chi connectivity index (χ1) is 19.5. The molecule has 10 nitrogen and oxygen atoms in total. The number of anilines is 2. The van der Waals surface area contributed by atoms with Crippen LogP contribution in [0.1, 0.15) is 45.1 Å². The number of thiocarbonyl (C=S) groups is 1. The summed E-state index contributed by atoms with van der Waals surface area (Å²) in [6, 6.07) is 19.0. The molecule has 1 fully saturated rings. The van der Waals surface area contributed by atoms with Gasteiger partial charge in [-0.15, -0.1) is 0 Å². The fourth-order valence-electron chi connectivity index (χ4n) is 5.38. The second kappa shape index (κ2) is 10.9. The first-order valence-electron chi connectivity index (χ1n) is 12.7. The normalized spacial score (nSPS) is 16.9. The fourth-order valence-corrected chi connectivity index (χ4v) is 6.29. The molecule has 0 spiro atoms. The van der Waals surface area contributed by atoms with Crippen LogP contribution in [0.3, 0.4) is 0 Å². The average Bonchev–Trinajstić information content (AvgIpc) is 3.42. The summed E-state index contributed by atoms with van der Waals surface area (Å²) in [5.74, 6) is -0.658. The molecule has 0 saturated carbocycles. The summed E-state index contributed by atoms with van der Waals surface area (Å²) in [6.45, 7) is 3.87. The molecule has 0 amide bonds. The Balaban J connectivity index is 1.71. The molecular formula is C29H29N5O5S2. The van der Waals surface area contributed by atoms with Gasteiger partial charge in [0, 0.05) is 23.3 Å². The number of carboxylic acids is 1. The summed E-state index contributed by atoms with van der Waals surface area (Å²) in [6.07, 6.45) is 2.79. The van der Waals surface area contributed by atoms with Gasteiger partial charge in [-0.3, -0.25) is 9.71 Å². The maximum absolute atomic E-state index is 12.1. The second-order valence-corrected chi connectivity index (χ2v) is 11.9. The van der Waals surface area contributed by atoms with Crippen LogP contribution in [0.25, 0.3) is 5.69 Å². The molecule has 3 heterocycles. The largest absolute Gasteiger partial charge is 0.495 e. The van der Waals surface area contributed by atoms with Crippen molar-refractivity contribution in [2.24, 2.45) is 0 Å². The number of pyridine rings is 1. The zero-order valence-electron chi connectivity index (χ0n) is 22.8. The minimum Gasteiger partial charge on any atom is -0.495 e. The number of ether oxygens (including phenoxy) is 1. The maximum atomic E-state index is 12.1. The Hall–Kier alpha value is -4.42. The number of carbonyl (C=O) groups is 1. The summed E-state index contributed by atoms with van der Waals surface area (Å²) in [7, 11) is -2.13. The Bertz CT molecular complexity index is 1750. The molecule has 1 saturated heterocycles. The van der Waals surface area contributed by atoms with Crippen LogP contribution in [0.4, 0.5) is 11.4 Å². The first-order valence-corrected chi connectivity index (χ1v) is 15.0. The van der Waals surface area contributed by atoms with Crippen molar-refractivity contribution in [3.63, 3.8) is 0 Å². The number of nitrogens with one attached hydrogen (secondary N) is 2. The Morgan fingerprint density at radius 3 is 2.49 bits per heavy atom. The van der Waals surface area contributed by atoms with Crippen molar-refractivity contribution in [2.45, 2.75) is 25.9 Å². The van der Waals surface area contributed by atoms with Gasteiger partial charge < -0.3 is 24.6 Å². The number of aromatic carboxylic acids is 1. The van der Waals surface area contributed by atoms with Crippen LogP contribution in [0.2, 0.25) is 0 Å². The van der Waals surface area contributed by atoms with E-state index in [9.17, 15) is 18.3 Å². The van der Waals surface area contributed by atoms with Gasteiger partial charge in [0.05, 0.1) is 48.1 Å². The summed E-state index contributed by atoms with van der Waals surface area (Å²) in [4.78, 5) is 18.6. The number of sulfonamides is 1. The molecule has 41 heavy (non-hydrogen) atoms. The number of aryl methyl sites for hydroxylation is 1. The lowest BCUT2D eigenvalue weighted by atomic mass is 9.96. The Labute approximate surface area is 243 Å². The quantitative estimate of drug-likeness (QED) is 0.249. The molecule has 0 radical (unpaired) electrons. The van der Waals surface area contributed by atoms with Crippen molar-refractivity contribution in [1.82, 2.24) is 14.9 Å². The van der Waals surface area contributed by atoms with Crippen molar-refractivity contribution < 1.29 is 23.1 Å².